The first-order valence-electron chi connectivity index (χ1n) is 7.00. The Morgan fingerprint density at radius 2 is 2.06 bits per heavy atom. The maximum Gasteiger partial charge on any atom is 0.407 e. The summed E-state index contributed by atoms with van der Waals surface area (Å²) in [6.45, 7) is 12.0. The van der Waals surface area contributed by atoms with Crippen molar-refractivity contribution in [2.75, 3.05) is 13.1 Å². The molecule has 0 aromatic heterocycles. The van der Waals surface area contributed by atoms with Crippen molar-refractivity contribution in [1.82, 2.24) is 10.6 Å². The third kappa shape index (κ3) is 5.25. The predicted octanol–water partition coefficient (Wildman–Crippen LogP) is 2.54. The molecule has 4 heteroatoms. The fourth-order valence-electron chi connectivity index (χ4n) is 2.46. The molecule has 0 bridgehead atoms. The lowest BCUT2D eigenvalue weighted by atomic mass is 9.85. The first-order chi connectivity index (χ1) is 8.29. The highest BCUT2D eigenvalue weighted by Crippen LogP contribution is 2.20. The molecule has 1 fully saturated rings. The number of hydrogen-bond acceptors (Lipinski definition) is 3. The molecule has 0 aromatic rings. The summed E-state index contributed by atoms with van der Waals surface area (Å²) in [6, 6.07) is 0.188. The highest BCUT2D eigenvalue weighted by molar-refractivity contribution is 5.68. The number of piperidine rings is 1. The zero-order valence-electron chi connectivity index (χ0n) is 12.4. The summed E-state index contributed by atoms with van der Waals surface area (Å²) in [5, 5.41) is 6.44. The van der Waals surface area contributed by atoms with Crippen LogP contribution in [-0.4, -0.2) is 30.8 Å². The topological polar surface area (TPSA) is 50.4 Å². The zero-order chi connectivity index (χ0) is 13.8. The Hall–Kier alpha value is -0.770. The molecular formula is C14H28N2O2. The lowest BCUT2D eigenvalue weighted by molar-refractivity contribution is 0.0458. The molecule has 106 valence electrons. The molecule has 18 heavy (non-hydrogen) atoms. The van der Waals surface area contributed by atoms with Gasteiger partial charge < -0.3 is 15.4 Å². The van der Waals surface area contributed by atoms with Crippen LogP contribution in [0, 0.1) is 11.8 Å². The summed E-state index contributed by atoms with van der Waals surface area (Å²) in [5.74, 6) is 0.925. The van der Waals surface area contributed by atoms with Crippen LogP contribution < -0.4 is 10.6 Å². The van der Waals surface area contributed by atoms with Crippen LogP contribution in [0.25, 0.3) is 0 Å². The Balaban J connectivity index is 2.54. The molecule has 1 saturated heterocycles. The predicted molar refractivity (Wildman–Crippen MR) is 73.6 cm³/mol. The summed E-state index contributed by atoms with van der Waals surface area (Å²) < 4.78 is 5.34. The third-order valence-electron chi connectivity index (χ3n) is 3.24. The van der Waals surface area contributed by atoms with E-state index in [1.54, 1.807) is 0 Å². The minimum atomic E-state index is -0.434. The van der Waals surface area contributed by atoms with Gasteiger partial charge in [-0.15, -0.1) is 0 Å². The molecular weight excluding hydrogens is 228 g/mol. The van der Waals surface area contributed by atoms with Crippen molar-refractivity contribution < 1.29 is 9.53 Å². The molecule has 2 N–H and O–H groups in total. The number of ether oxygens (including phenoxy) is 1. The van der Waals surface area contributed by atoms with E-state index in [4.69, 9.17) is 4.74 Å². The van der Waals surface area contributed by atoms with E-state index >= 15 is 0 Å². The number of nitrogens with one attached hydrogen (secondary N) is 2. The van der Waals surface area contributed by atoms with Crippen molar-refractivity contribution in [1.29, 1.82) is 0 Å². The molecule has 1 heterocycles. The number of carbonyl (C=O) groups is 1. The molecule has 0 spiro atoms. The first-order valence-corrected chi connectivity index (χ1v) is 7.00. The first kappa shape index (κ1) is 15.3. The number of rotatable bonds is 3. The van der Waals surface area contributed by atoms with Gasteiger partial charge in [-0.1, -0.05) is 13.8 Å². The molecule has 1 aliphatic heterocycles. The lowest BCUT2D eigenvalue weighted by Gasteiger charge is -2.34. The van der Waals surface area contributed by atoms with Crippen LogP contribution in [0.4, 0.5) is 4.79 Å². The van der Waals surface area contributed by atoms with Crippen molar-refractivity contribution in [3.8, 4) is 0 Å². The van der Waals surface area contributed by atoms with Crippen LogP contribution in [-0.2, 0) is 4.74 Å². The third-order valence-corrected chi connectivity index (χ3v) is 3.24. The van der Waals surface area contributed by atoms with Crippen LogP contribution in [0.2, 0.25) is 0 Å². The smallest absolute Gasteiger partial charge is 0.407 e. The van der Waals surface area contributed by atoms with Gasteiger partial charge in [-0.3, -0.25) is 0 Å². The van der Waals surface area contributed by atoms with Crippen molar-refractivity contribution in [2.45, 2.75) is 59.1 Å². The van der Waals surface area contributed by atoms with E-state index in [2.05, 4.69) is 24.5 Å². The minimum Gasteiger partial charge on any atom is -0.444 e. The average molecular weight is 256 g/mol. The average Bonchev–Trinajstić information content (AvgIpc) is 2.24. The van der Waals surface area contributed by atoms with Gasteiger partial charge in [-0.25, -0.2) is 4.79 Å². The second-order valence-corrected chi connectivity index (χ2v) is 6.52. The van der Waals surface area contributed by atoms with Crippen LogP contribution in [0.15, 0.2) is 0 Å². The van der Waals surface area contributed by atoms with E-state index in [0.29, 0.717) is 11.8 Å². The molecule has 4 nitrogen and oxygen atoms in total. The number of hydrogen-bond donors (Lipinski definition) is 2. The molecule has 0 aromatic carbocycles. The Morgan fingerprint density at radius 3 is 2.50 bits per heavy atom. The Labute approximate surface area is 111 Å². The van der Waals surface area contributed by atoms with E-state index in [-0.39, 0.29) is 12.1 Å². The van der Waals surface area contributed by atoms with Gasteiger partial charge >= 0.3 is 6.09 Å². The second kappa shape index (κ2) is 6.41. The molecule has 1 rings (SSSR count). The van der Waals surface area contributed by atoms with Crippen molar-refractivity contribution in [3.63, 3.8) is 0 Å². The molecule has 0 radical (unpaired) electrons. The quantitative estimate of drug-likeness (QED) is 0.816. The molecule has 1 aliphatic rings. The van der Waals surface area contributed by atoms with Gasteiger partial charge in [0.15, 0.2) is 0 Å². The Morgan fingerprint density at radius 1 is 1.39 bits per heavy atom. The maximum atomic E-state index is 11.9. The summed E-state index contributed by atoms with van der Waals surface area (Å²) >= 11 is 0. The van der Waals surface area contributed by atoms with E-state index in [1.807, 2.05) is 20.8 Å². The van der Waals surface area contributed by atoms with Crippen molar-refractivity contribution in [3.05, 3.63) is 0 Å². The standard InChI is InChI=1S/C14H28N2O2/c1-10(2)12(11-7-6-8-15-9-11)16-13(17)18-14(3,4)5/h10-12,15H,6-9H2,1-5H3,(H,16,17). The van der Waals surface area contributed by atoms with Crippen LogP contribution >= 0.6 is 0 Å². The highest BCUT2D eigenvalue weighted by Gasteiger charge is 2.29. The normalized spacial score (nSPS) is 22.7. The Bertz CT molecular complexity index is 265. The summed E-state index contributed by atoms with van der Waals surface area (Å²) in [6.07, 6.45) is 2.06. The number of amides is 1. The Kier molecular flexibility index (Phi) is 5.45. The summed E-state index contributed by atoms with van der Waals surface area (Å²) in [4.78, 5) is 11.9. The van der Waals surface area contributed by atoms with Gasteiger partial charge in [0.2, 0.25) is 0 Å². The SMILES string of the molecule is CC(C)C(NC(=O)OC(C)(C)C)C1CCCNC1. The van der Waals surface area contributed by atoms with Gasteiger partial charge in [0.1, 0.15) is 5.60 Å². The van der Waals surface area contributed by atoms with E-state index in [1.165, 1.54) is 12.8 Å². The zero-order valence-corrected chi connectivity index (χ0v) is 12.4. The second-order valence-electron chi connectivity index (χ2n) is 6.52. The van der Waals surface area contributed by atoms with E-state index in [0.717, 1.165) is 13.1 Å². The van der Waals surface area contributed by atoms with E-state index in [9.17, 15) is 4.79 Å². The van der Waals surface area contributed by atoms with Crippen LogP contribution in [0.1, 0.15) is 47.5 Å². The fourth-order valence-corrected chi connectivity index (χ4v) is 2.46. The fraction of sp³-hybridized carbons (Fsp3) is 0.929. The number of carbonyl (C=O) groups excluding carboxylic acids is 1. The summed E-state index contributed by atoms with van der Waals surface area (Å²) in [5.41, 5.74) is -0.434. The molecule has 2 unspecified atom stereocenters. The highest BCUT2D eigenvalue weighted by atomic mass is 16.6. The van der Waals surface area contributed by atoms with Gasteiger partial charge in [-0.2, -0.15) is 0 Å². The van der Waals surface area contributed by atoms with Crippen molar-refractivity contribution >= 4 is 6.09 Å². The molecule has 0 aliphatic carbocycles. The molecule has 1 amide bonds. The van der Waals surface area contributed by atoms with E-state index < -0.39 is 5.60 Å². The van der Waals surface area contributed by atoms with Gasteiger partial charge in [0.25, 0.3) is 0 Å². The largest absolute Gasteiger partial charge is 0.444 e. The number of alkyl carbamates (subject to hydrolysis) is 1. The van der Waals surface area contributed by atoms with Crippen LogP contribution in [0.5, 0.6) is 0 Å². The van der Waals surface area contributed by atoms with Gasteiger partial charge in [0, 0.05) is 6.04 Å². The van der Waals surface area contributed by atoms with Gasteiger partial charge in [-0.05, 0) is 58.5 Å². The van der Waals surface area contributed by atoms with Crippen molar-refractivity contribution in [2.24, 2.45) is 11.8 Å². The molecule has 0 saturated carbocycles. The monoisotopic (exact) mass is 256 g/mol. The molecule has 2 atom stereocenters. The van der Waals surface area contributed by atoms with Crippen LogP contribution in [0.3, 0.4) is 0 Å². The van der Waals surface area contributed by atoms with Gasteiger partial charge in [0.05, 0.1) is 0 Å². The summed E-state index contributed by atoms with van der Waals surface area (Å²) in [7, 11) is 0. The minimum absolute atomic E-state index is 0.188. The maximum absolute atomic E-state index is 11.9. The lowest BCUT2D eigenvalue weighted by Crippen LogP contribution is -2.50.